The third-order valence-electron chi connectivity index (χ3n) is 14.9. The van der Waals surface area contributed by atoms with Gasteiger partial charge in [0.1, 0.15) is 6.61 Å². The fraction of sp³-hybridized carbons (Fsp3) is 0.968. The van der Waals surface area contributed by atoms with Gasteiger partial charge >= 0.3 is 11.9 Å². The Kier molecular flexibility index (Phi) is 59.2. The highest BCUT2D eigenvalue weighted by Crippen LogP contribution is 2.19. The molecule has 1 unspecified atom stereocenters. The van der Waals surface area contributed by atoms with Gasteiger partial charge in [-0.05, 0) is 12.8 Å². The first-order chi connectivity index (χ1) is 33.6. The van der Waals surface area contributed by atoms with Gasteiger partial charge in [0.05, 0.1) is 6.61 Å². The Hall–Kier alpha value is -1.10. The van der Waals surface area contributed by atoms with Crippen molar-refractivity contribution in [3.8, 4) is 0 Å². The Morgan fingerprint density at radius 3 is 0.647 bits per heavy atom. The van der Waals surface area contributed by atoms with Gasteiger partial charge in [0, 0.05) is 12.8 Å². The maximum atomic E-state index is 12.3. The smallest absolute Gasteiger partial charge is 0.306 e. The quantitative estimate of drug-likeness (QED) is 0.0486. The molecule has 0 fully saturated rings. The first-order valence-corrected chi connectivity index (χ1v) is 31.6. The van der Waals surface area contributed by atoms with Crippen molar-refractivity contribution in [1.29, 1.82) is 0 Å². The summed E-state index contributed by atoms with van der Waals surface area (Å²) < 4.78 is 10.7. The van der Waals surface area contributed by atoms with Gasteiger partial charge in [-0.25, -0.2) is 0 Å². The zero-order valence-electron chi connectivity index (χ0n) is 46.7. The molecule has 68 heavy (non-hydrogen) atoms. The van der Waals surface area contributed by atoms with Crippen LogP contribution in [0.15, 0.2) is 0 Å². The van der Waals surface area contributed by atoms with Gasteiger partial charge in [0.2, 0.25) is 0 Å². The second kappa shape index (κ2) is 60.2. The summed E-state index contributed by atoms with van der Waals surface area (Å²) in [6.07, 6.45) is 74.0. The van der Waals surface area contributed by atoms with Crippen LogP contribution in [0.4, 0.5) is 0 Å². The molecule has 0 rings (SSSR count). The molecule has 1 atom stereocenters. The largest absolute Gasteiger partial charge is 0.462 e. The van der Waals surface area contributed by atoms with Crippen LogP contribution in [0.1, 0.15) is 373 Å². The van der Waals surface area contributed by atoms with Crippen LogP contribution in [0.25, 0.3) is 0 Å². The Morgan fingerprint density at radius 1 is 0.279 bits per heavy atom. The molecular formula is C63H124O5. The molecule has 0 spiro atoms. The average Bonchev–Trinajstić information content (AvgIpc) is 3.34. The molecule has 406 valence electrons. The zero-order valence-corrected chi connectivity index (χ0v) is 46.7. The second-order valence-electron chi connectivity index (χ2n) is 21.9. The van der Waals surface area contributed by atoms with Crippen LogP contribution in [0, 0.1) is 0 Å². The molecule has 0 aliphatic carbocycles. The van der Waals surface area contributed by atoms with Crippen LogP contribution in [-0.2, 0) is 19.1 Å². The lowest BCUT2D eigenvalue weighted by atomic mass is 10.0. The molecule has 0 saturated carbocycles. The Balaban J connectivity index is 3.37. The van der Waals surface area contributed by atoms with Crippen molar-refractivity contribution in [2.75, 3.05) is 13.2 Å². The van der Waals surface area contributed by atoms with Crippen molar-refractivity contribution >= 4 is 11.9 Å². The van der Waals surface area contributed by atoms with Gasteiger partial charge in [0.25, 0.3) is 0 Å². The number of aliphatic hydroxyl groups is 1. The summed E-state index contributed by atoms with van der Waals surface area (Å²) in [7, 11) is 0. The molecule has 0 heterocycles. The highest BCUT2D eigenvalue weighted by Gasteiger charge is 2.16. The molecule has 0 saturated heterocycles. The van der Waals surface area contributed by atoms with Gasteiger partial charge < -0.3 is 14.6 Å². The molecule has 0 radical (unpaired) electrons. The van der Waals surface area contributed by atoms with E-state index in [4.69, 9.17) is 9.47 Å². The summed E-state index contributed by atoms with van der Waals surface area (Å²) in [5.74, 6) is -0.560. The van der Waals surface area contributed by atoms with Crippen LogP contribution in [0.2, 0.25) is 0 Å². The summed E-state index contributed by atoms with van der Waals surface area (Å²) in [4.78, 5) is 24.6. The maximum Gasteiger partial charge on any atom is 0.306 e. The number of hydrogen-bond acceptors (Lipinski definition) is 5. The van der Waals surface area contributed by atoms with Crippen molar-refractivity contribution in [2.45, 2.75) is 380 Å². The highest BCUT2D eigenvalue weighted by atomic mass is 16.6. The number of hydrogen-bond donors (Lipinski definition) is 1. The Labute approximate surface area is 427 Å². The number of esters is 2. The molecule has 5 nitrogen and oxygen atoms in total. The maximum absolute atomic E-state index is 12.3. The normalized spacial score (nSPS) is 12.0. The monoisotopic (exact) mass is 961 g/mol. The molecule has 0 aliphatic heterocycles. The first kappa shape index (κ1) is 66.9. The fourth-order valence-corrected chi connectivity index (χ4v) is 10.2. The molecule has 0 aromatic carbocycles. The Morgan fingerprint density at radius 2 is 0.456 bits per heavy atom. The topological polar surface area (TPSA) is 72.8 Å². The average molecular weight is 962 g/mol. The molecule has 0 aromatic rings. The summed E-state index contributed by atoms with van der Waals surface area (Å²) >= 11 is 0. The van der Waals surface area contributed by atoms with Crippen LogP contribution < -0.4 is 0 Å². The predicted octanol–water partition coefficient (Wildman–Crippen LogP) is 21.3. The molecule has 1 N–H and O–H groups in total. The second-order valence-corrected chi connectivity index (χ2v) is 21.9. The van der Waals surface area contributed by atoms with Gasteiger partial charge in [-0.2, -0.15) is 0 Å². The predicted molar refractivity (Wildman–Crippen MR) is 298 cm³/mol. The van der Waals surface area contributed by atoms with E-state index in [1.165, 1.54) is 315 Å². The van der Waals surface area contributed by atoms with Crippen molar-refractivity contribution in [3.05, 3.63) is 0 Å². The van der Waals surface area contributed by atoms with Gasteiger partial charge in [0.15, 0.2) is 6.10 Å². The van der Waals surface area contributed by atoms with E-state index in [1.54, 1.807) is 0 Å². The van der Waals surface area contributed by atoms with E-state index in [2.05, 4.69) is 13.8 Å². The Bertz CT molecular complexity index is 952. The number of aliphatic hydroxyl groups excluding tert-OH is 1. The molecule has 0 amide bonds. The summed E-state index contributed by atoms with van der Waals surface area (Å²) in [5.41, 5.74) is 0. The lowest BCUT2D eigenvalue weighted by Crippen LogP contribution is -2.28. The minimum atomic E-state index is -0.765. The summed E-state index contributed by atoms with van der Waals surface area (Å²) in [5, 5.41) is 9.67. The molecule has 5 heteroatoms. The fourth-order valence-electron chi connectivity index (χ4n) is 10.2. The van der Waals surface area contributed by atoms with Crippen LogP contribution >= 0.6 is 0 Å². The van der Waals surface area contributed by atoms with Crippen molar-refractivity contribution in [1.82, 2.24) is 0 Å². The number of ether oxygens (including phenoxy) is 2. The molecule has 0 bridgehead atoms. The van der Waals surface area contributed by atoms with Gasteiger partial charge in [-0.3, -0.25) is 9.59 Å². The van der Waals surface area contributed by atoms with E-state index < -0.39 is 6.10 Å². The van der Waals surface area contributed by atoms with Crippen LogP contribution in [0.5, 0.6) is 0 Å². The third-order valence-corrected chi connectivity index (χ3v) is 14.9. The van der Waals surface area contributed by atoms with E-state index in [9.17, 15) is 14.7 Å². The van der Waals surface area contributed by atoms with E-state index in [0.717, 1.165) is 32.1 Å². The minimum absolute atomic E-state index is 0.0555. The molecule has 0 aromatic heterocycles. The minimum Gasteiger partial charge on any atom is -0.462 e. The van der Waals surface area contributed by atoms with E-state index >= 15 is 0 Å². The first-order valence-electron chi connectivity index (χ1n) is 31.6. The SMILES string of the molecule is CCCCCCCCCCCCCCCCCCCCCCCCCCCCCCCC(=O)OC(CO)COC(=O)CCCCCCCCCCCCCCCCCCCCCCCCCCC. The third kappa shape index (κ3) is 57.5. The van der Waals surface area contributed by atoms with E-state index in [0.29, 0.717) is 12.8 Å². The molecular weight excluding hydrogens is 837 g/mol. The number of carbonyl (C=O) groups excluding carboxylic acids is 2. The van der Waals surface area contributed by atoms with Gasteiger partial charge in [-0.1, -0.05) is 348 Å². The number of unbranched alkanes of at least 4 members (excludes halogenated alkanes) is 52. The van der Waals surface area contributed by atoms with Crippen LogP contribution in [0.3, 0.4) is 0 Å². The van der Waals surface area contributed by atoms with Crippen LogP contribution in [-0.4, -0.2) is 36.4 Å². The van der Waals surface area contributed by atoms with Gasteiger partial charge in [-0.15, -0.1) is 0 Å². The molecule has 0 aliphatic rings. The van der Waals surface area contributed by atoms with Crippen molar-refractivity contribution < 1.29 is 24.2 Å². The standard InChI is InChI=1S/C63H124O5/c1-3-5-7-9-11-13-15-17-19-21-23-25-27-29-30-31-32-34-36-38-40-42-44-46-48-50-52-54-56-58-63(66)68-61(59-64)60-67-62(65)57-55-53-51-49-47-45-43-41-39-37-35-33-28-26-24-22-20-18-16-14-12-10-8-6-4-2/h61,64H,3-60H2,1-2H3. The van der Waals surface area contributed by atoms with Crippen molar-refractivity contribution in [3.63, 3.8) is 0 Å². The number of rotatable bonds is 60. The van der Waals surface area contributed by atoms with E-state index in [-0.39, 0.29) is 25.2 Å². The number of carbonyl (C=O) groups is 2. The lowest BCUT2D eigenvalue weighted by molar-refractivity contribution is -0.161. The zero-order chi connectivity index (χ0) is 49.2. The summed E-state index contributed by atoms with van der Waals surface area (Å²) in [6.45, 7) is 4.22. The van der Waals surface area contributed by atoms with E-state index in [1.807, 2.05) is 0 Å². The highest BCUT2D eigenvalue weighted by molar-refractivity contribution is 5.70. The van der Waals surface area contributed by atoms with Crippen molar-refractivity contribution in [2.24, 2.45) is 0 Å². The lowest BCUT2D eigenvalue weighted by Gasteiger charge is -2.15. The summed E-state index contributed by atoms with van der Waals surface area (Å²) in [6, 6.07) is 0.